The van der Waals surface area contributed by atoms with Gasteiger partial charge >= 0.3 is 11.9 Å². The highest BCUT2D eigenvalue weighted by molar-refractivity contribution is 6.23. The van der Waals surface area contributed by atoms with Crippen molar-refractivity contribution in [1.29, 1.82) is 0 Å². The molecule has 0 amide bonds. The van der Waals surface area contributed by atoms with E-state index in [0.29, 0.717) is 26.4 Å². The Hall–Kier alpha value is -2.92. The van der Waals surface area contributed by atoms with Gasteiger partial charge in [-0.05, 0) is 45.8 Å². The Morgan fingerprint density at radius 3 is 1.34 bits per heavy atom. The van der Waals surface area contributed by atoms with E-state index in [1.807, 2.05) is 0 Å². The van der Waals surface area contributed by atoms with E-state index in [-0.39, 0.29) is 35.5 Å². The van der Waals surface area contributed by atoms with Gasteiger partial charge in [-0.2, -0.15) is 0 Å². The fraction of sp³-hybridized carbons (Fsp3) is 0.520. The molecule has 10 nitrogen and oxygen atoms in total. The van der Waals surface area contributed by atoms with Gasteiger partial charge in [0, 0.05) is 11.1 Å². The number of Topliss-reactive ketones (excluding diaryl/α,β-unsaturated/α-hetero) is 2. The molecule has 0 saturated carbocycles. The first kappa shape index (κ1) is 34.2. The van der Waals surface area contributed by atoms with Gasteiger partial charge in [-0.25, -0.2) is 9.59 Å². The Balaban J connectivity index is 0. The number of esters is 2. The zero-order valence-electron chi connectivity index (χ0n) is 21.3. The standard InChI is InChI=1S/C19H24O6.C6H14O4/c1-10(2)15(20)19(16(21)11(3)4,25-18(23)13(7)8)14(9)24-17(22)12(5)6;7-1-3-9-5-6-10-4-2-8/h14H,1,3,5,7H2,2,4,6,8-9H3;7-8H,1-6H2. The van der Waals surface area contributed by atoms with E-state index in [2.05, 4.69) is 26.3 Å². The zero-order chi connectivity index (χ0) is 27.8. The van der Waals surface area contributed by atoms with Crippen LogP contribution in [0.2, 0.25) is 0 Å². The third-order valence-corrected chi connectivity index (χ3v) is 4.10. The highest BCUT2D eigenvalue weighted by Crippen LogP contribution is 2.29. The van der Waals surface area contributed by atoms with Gasteiger partial charge in [-0.15, -0.1) is 0 Å². The Morgan fingerprint density at radius 1 is 0.686 bits per heavy atom. The van der Waals surface area contributed by atoms with Crippen LogP contribution in [0.5, 0.6) is 0 Å². The van der Waals surface area contributed by atoms with E-state index in [1.54, 1.807) is 0 Å². The number of ketones is 2. The molecule has 2 N–H and O–H groups in total. The summed E-state index contributed by atoms with van der Waals surface area (Å²) in [6.45, 7) is 22.3. The molecule has 0 aromatic rings. The summed E-state index contributed by atoms with van der Waals surface area (Å²) in [6.07, 6.45) is -1.44. The SMILES string of the molecule is C=C(C)C(=O)OC(C)C(OC(=O)C(=C)C)(C(=O)C(=C)C)C(=O)C(=C)C.OCCOCCOCCO. The lowest BCUT2D eigenvalue weighted by Gasteiger charge is -2.35. The van der Waals surface area contributed by atoms with Crippen LogP contribution < -0.4 is 0 Å². The molecule has 10 heteroatoms. The van der Waals surface area contributed by atoms with Crippen LogP contribution in [0.1, 0.15) is 34.6 Å². The summed E-state index contributed by atoms with van der Waals surface area (Å²) < 4.78 is 20.1. The molecule has 0 heterocycles. The van der Waals surface area contributed by atoms with E-state index in [0.717, 1.165) is 0 Å². The minimum atomic E-state index is -2.43. The van der Waals surface area contributed by atoms with Crippen LogP contribution in [0.15, 0.2) is 48.6 Å². The molecular formula is C25H38O10. The first-order chi connectivity index (χ1) is 16.2. The summed E-state index contributed by atoms with van der Waals surface area (Å²) in [7, 11) is 0. The van der Waals surface area contributed by atoms with Crippen molar-refractivity contribution >= 4 is 23.5 Å². The van der Waals surface area contributed by atoms with E-state index in [1.165, 1.54) is 34.6 Å². The van der Waals surface area contributed by atoms with Crippen molar-refractivity contribution < 1.29 is 48.3 Å². The highest BCUT2D eigenvalue weighted by atomic mass is 16.6. The summed E-state index contributed by atoms with van der Waals surface area (Å²) >= 11 is 0. The molecule has 0 aliphatic carbocycles. The van der Waals surface area contributed by atoms with Gasteiger partial charge in [-0.3, -0.25) is 9.59 Å². The fourth-order valence-electron chi connectivity index (χ4n) is 2.31. The Morgan fingerprint density at radius 2 is 1.06 bits per heavy atom. The second-order valence-electron chi connectivity index (χ2n) is 7.62. The minimum absolute atomic E-state index is 0.0353. The van der Waals surface area contributed by atoms with Crippen LogP contribution in [-0.4, -0.2) is 85.1 Å². The lowest BCUT2D eigenvalue weighted by molar-refractivity contribution is -0.185. The van der Waals surface area contributed by atoms with Crippen LogP contribution >= 0.6 is 0 Å². The largest absolute Gasteiger partial charge is 0.454 e. The molecule has 198 valence electrons. The number of hydrogen-bond acceptors (Lipinski definition) is 10. The number of aliphatic hydroxyl groups excluding tert-OH is 2. The van der Waals surface area contributed by atoms with Crippen molar-refractivity contribution in [3.63, 3.8) is 0 Å². The van der Waals surface area contributed by atoms with E-state index in [4.69, 9.17) is 29.2 Å². The molecule has 1 atom stereocenters. The van der Waals surface area contributed by atoms with Crippen LogP contribution in [0.3, 0.4) is 0 Å². The smallest absolute Gasteiger partial charge is 0.334 e. The molecule has 35 heavy (non-hydrogen) atoms. The van der Waals surface area contributed by atoms with Crippen molar-refractivity contribution in [3.8, 4) is 0 Å². The highest BCUT2D eigenvalue weighted by Gasteiger charge is 2.56. The molecule has 1 unspecified atom stereocenters. The molecule has 0 aromatic carbocycles. The van der Waals surface area contributed by atoms with Crippen LogP contribution in [0.4, 0.5) is 0 Å². The molecule has 0 bridgehead atoms. The van der Waals surface area contributed by atoms with Gasteiger partial charge in [0.25, 0.3) is 5.60 Å². The Bertz CT molecular complexity index is 775. The maximum atomic E-state index is 12.8. The lowest BCUT2D eigenvalue weighted by atomic mass is 9.82. The maximum absolute atomic E-state index is 12.8. The number of rotatable bonds is 16. The van der Waals surface area contributed by atoms with Crippen molar-refractivity contribution in [2.75, 3.05) is 39.6 Å². The van der Waals surface area contributed by atoms with Gasteiger partial charge in [-0.1, -0.05) is 26.3 Å². The zero-order valence-corrected chi connectivity index (χ0v) is 21.3. The number of carbonyl (C=O) groups excluding carboxylic acids is 4. The molecule has 0 aliphatic rings. The number of carbonyl (C=O) groups is 4. The minimum Gasteiger partial charge on any atom is -0.454 e. The average Bonchev–Trinajstić information content (AvgIpc) is 2.78. The summed E-state index contributed by atoms with van der Waals surface area (Å²) in [5.41, 5.74) is -2.52. The quantitative estimate of drug-likeness (QED) is 0.139. The molecular weight excluding hydrogens is 460 g/mol. The van der Waals surface area contributed by atoms with Crippen molar-refractivity contribution in [2.45, 2.75) is 46.3 Å². The van der Waals surface area contributed by atoms with Crippen LogP contribution in [0.25, 0.3) is 0 Å². The summed E-state index contributed by atoms with van der Waals surface area (Å²) in [5, 5.41) is 16.5. The second-order valence-corrected chi connectivity index (χ2v) is 7.62. The summed E-state index contributed by atoms with van der Waals surface area (Å²) in [4.78, 5) is 49.5. The summed E-state index contributed by atoms with van der Waals surface area (Å²) in [5.74, 6) is -3.61. The Labute approximate surface area is 206 Å². The predicted octanol–water partition coefficient (Wildman–Crippen LogP) is 1.65. The van der Waals surface area contributed by atoms with Crippen LogP contribution in [-0.2, 0) is 38.1 Å². The Kier molecular flexibility index (Phi) is 17.1. The number of aliphatic hydroxyl groups is 2. The predicted molar refractivity (Wildman–Crippen MR) is 129 cm³/mol. The summed E-state index contributed by atoms with van der Waals surface area (Å²) in [6, 6.07) is 0. The van der Waals surface area contributed by atoms with Crippen molar-refractivity contribution in [3.05, 3.63) is 48.6 Å². The lowest BCUT2D eigenvalue weighted by Crippen LogP contribution is -2.59. The monoisotopic (exact) mass is 498 g/mol. The average molecular weight is 499 g/mol. The molecule has 0 aliphatic heterocycles. The van der Waals surface area contributed by atoms with Crippen molar-refractivity contribution in [2.24, 2.45) is 0 Å². The number of hydrogen-bond donors (Lipinski definition) is 2. The first-order valence-electron chi connectivity index (χ1n) is 10.7. The van der Waals surface area contributed by atoms with Crippen LogP contribution in [0, 0.1) is 0 Å². The van der Waals surface area contributed by atoms with Gasteiger partial charge < -0.3 is 29.2 Å². The van der Waals surface area contributed by atoms with Crippen molar-refractivity contribution in [1.82, 2.24) is 0 Å². The normalized spacial score (nSPS) is 11.3. The molecule has 0 rings (SSSR count). The van der Waals surface area contributed by atoms with E-state index < -0.39 is 35.2 Å². The molecule has 0 saturated heterocycles. The van der Waals surface area contributed by atoms with E-state index in [9.17, 15) is 19.2 Å². The topological polar surface area (TPSA) is 146 Å². The van der Waals surface area contributed by atoms with Gasteiger partial charge in [0.15, 0.2) is 6.10 Å². The maximum Gasteiger partial charge on any atom is 0.334 e. The third-order valence-electron chi connectivity index (χ3n) is 4.10. The van der Waals surface area contributed by atoms with E-state index >= 15 is 0 Å². The first-order valence-corrected chi connectivity index (χ1v) is 10.7. The molecule has 0 aromatic heterocycles. The third kappa shape index (κ3) is 11.9. The second kappa shape index (κ2) is 17.5. The molecule has 0 fully saturated rings. The van der Waals surface area contributed by atoms with Gasteiger partial charge in [0.05, 0.1) is 39.6 Å². The van der Waals surface area contributed by atoms with Gasteiger partial charge in [0.1, 0.15) is 0 Å². The fourth-order valence-corrected chi connectivity index (χ4v) is 2.31. The van der Waals surface area contributed by atoms with Gasteiger partial charge in [0.2, 0.25) is 11.6 Å². The number of ether oxygens (including phenoxy) is 4. The molecule has 0 radical (unpaired) electrons. The molecule has 0 spiro atoms.